The van der Waals surface area contributed by atoms with E-state index in [0.29, 0.717) is 18.9 Å². The average molecular weight is 287 g/mol. The molecule has 112 valence electrons. The molecule has 0 spiro atoms. The van der Waals surface area contributed by atoms with Crippen molar-refractivity contribution in [2.75, 3.05) is 13.1 Å². The van der Waals surface area contributed by atoms with Crippen LogP contribution >= 0.6 is 0 Å². The van der Waals surface area contributed by atoms with E-state index in [2.05, 4.69) is 27.8 Å². The normalized spacial score (nSPS) is 22.3. The first-order valence-corrected chi connectivity index (χ1v) is 7.54. The lowest BCUT2D eigenvalue weighted by Crippen LogP contribution is -2.48. The van der Waals surface area contributed by atoms with Gasteiger partial charge in [-0.15, -0.1) is 10.2 Å². The van der Waals surface area contributed by atoms with Crippen LogP contribution in [0.1, 0.15) is 25.6 Å². The van der Waals surface area contributed by atoms with Gasteiger partial charge in [0.25, 0.3) is 0 Å². The molecule has 2 unspecified atom stereocenters. The van der Waals surface area contributed by atoms with Gasteiger partial charge in [0.15, 0.2) is 5.65 Å². The average Bonchev–Trinajstić information content (AvgIpc) is 2.91. The highest BCUT2D eigenvalue weighted by Crippen LogP contribution is 2.14. The lowest BCUT2D eigenvalue weighted by atomic mass is 9.94. The van der Waals surface area contributed by atoms with Crippen molar-refractivity contribution in [2.24, 2.45) is 5.92 Å². The third-order valence-electron chi connectivity index (χ3n) is 4.01. The topological polar surface area (TPSA) is 71.3 Å². The van der Waals surface area contributed by atoms with Crippen molar-refractivity contribution in [1.82, 2.24) is 25.2 Å². The Morgan fingerprint density at radius 2 is 2.38 bits per heavy atom. The fraction of sp³-hybridized carbons (Fsp3) is 0.533. The third kappa shape index (κ3) is 3.21. The van der Waals surface area contributed by atoms with E-state index in [1.807, 2.05) is 28.8 Å². The van der Waals surface area contributed by atoms with Crippen molar-refractivity contribution < 1.29 is 4.79 Å². The summed E-state index contributed by atoms with van der Waals surface area (Å²) in [6.07, 6.45) is 4.69. The van der Waals surface area contributed by atoms with Gasteiger partial charge in [-0.1, -0.05) is 13.0 Å². The zero-order chi connectivity index (χ0) is 14.7. The second kappa shape index (κ2) is 6.22. The highest BCUT2D eigenvalue weighted by Gasteiger charge is 2.24. The van der Waals surface area contributed by atoms with Gasteiger partial charge in [0, 0.05) is 19.2 Å². The van der Waals surface area contributed by atoms with E-state index in [1.54, 1.807) is 0 Å². The Bertz CT molecular complexity index is 623. The SMILES string of the molecule is CC1CCNC(C(=O)NCCc2nnc3ccccn23)C1. The summed E-state index contributed by atoms with van der Waals surface area (Å²) >= 11 is 0. The summed E-state index contributed by atoms with van der Waals surface area (Å²) in [6, 6.07) is 5.75. The van der Waals surface area contributed by atoms with Gasteiger partial charge in [0.2, 0.25) is 5.91 Å². The van der Waals surface area contributed by atoms with Crippen LogP contribution in [0.5, 0.6) is 0 Å². The Kier molecular flexibility index (Phi) is 4.15. The molecular weight excluding hydrogens is 266 g/mol. The predicted molar refractivity (Wildman–Crippen MR) is 79.9 cm³/mol. The van der Waals surface area contributed by atoms with Crippen molar-refractivity contribution in [3.8, 4) is 0 Å². The molecule has 0 saturated carbocycles. The maximum absolute atomic E-state index is 12.1. The number of nitrogens with zero attached hydrogens (tertiary/aromatic N) is 3. The molecule has 6 nitrogen and oxygen atoms in total. The summed E-state index contributed by atoms with van der Waals surface area (Å²) in [5, 5.41) is 14.5. The van der Waals surface area contributed by atoms with Gasteiger partial charge in [-0.3, -0.25) is 9.20 Å². The number of rotatable bonds is 4. The number of aromatic nitrogens is 3. The van der Waals surface area contributed by atoms with Gasteiger partial charge >= 0.3 is 0 Å². The molecule has 0 radical (unpaired) electrons. The van der Waals surface area contributed by atoms with Gasteiger partial charge in [-0.05, 0) is 37.4 Å². The monoisotopic (exact) mass is 287 g/mol. The lowest BCUT2D eigenvalue weighted by molar-refractivity contribution is -0.124. The molecule has 1 saturated heterocycles. The molecule has 1 aliphatic heterocycles. The number of hydrogen-bond donors (Lipinski definition) is 2. The van der Waals surface area contributed by atoms with Crippen LogP contribution in [0, 0.1) is 5.92 Å². The van der Waals surface area contributed by atoms with Gasteiger partial charge < -0.3 is 10.6 Å². The van der Waals surface area contributed by atoms with E-state index >= 15 is 0 Å². The van der Waals surface area contributed by atoms with Crippen molar-refractivity contribution in [3.05, 3.63) is 30.2 Å². The van der Waals surface area contributed by atoms with Crippen molar-refractivity contribution in [2.45, 2.75) is 32.2 Å². The Labute approximate surface area is 123 Å². The molecule has 0 bridgehead atoms. The number of fused-ring (bicyclic) bond motifs is 1. The van der Waals surface area contributed by atoms with Crippen molar-refractivity contribution >= 4 is 11.6 Å². The van der Waals surface area contributed by atoms with E-state index in [0.717, 1.165) is 30.9 Å². The largest absolute Gasteiger partial charge is 0.354 e. The van der Waals surface area contributed by atoms with E-state index in [4.69, 9.17) is 0 Å². The first kappa shape index (κ1) is 14.0. The third-order valence-corrected chi connectivity index (χ3v) is 4.01. The first-order chi connectivity index (χ1) is 10.2. The number of nitrogens with one attached hydrogen (secondary N) is 2. The molecule has 3 rings (SSSR count). The summed E-state index contributed by atoms with van der Waals surface area (Å²) in [5.41, 5.74) is 0.835. The standard InChI is InChI=1S/C15H21N5O/c1-11-5-7-16-12(10-11)15(21)17-8-6-14-19-18-13-4-2-3-9-20(13)14/h2-4,9,11-12,16H,5-8,10H2,1H3,(H,17,21). The lowest BCUT2D eigenvalue weighted by Gasteiger charge is -2.27. The van der Waals surface area contributed by atoms with Gasteiger partial charge in [-0.25, -0.2) is 0 Å². The van der Waals surface area contributed by atoms with E-state index in [1.165, 1.54) is 0 Å². The highest BCUT2D eigenvalue weighted by atomic mass is 16.2. The fourth-order valence-corrected chi connectivity index (χ4v) is 2.79. The molecule has 2 atom stereocenters. The Morgan fingerprint density at radius 1 is 1.48 bits per heavy atom. The molecule has 0 aromatic carbocycles. The number of piperidine rings is 1. The Morgan fingerprint density at radius 3 is 3.24 bits per heavy atom. The number of carbonyl (C=O) groups excluding carboxylic acids is 1. The molecule has 1 amide bonds. The van der Waals surface area contributed by atoms with Crippen LogP contribution in [0.25, 0.3) is 5.65 Å². The van der Waals surface area contributed by atoms with Crippen LogP contribution in [0.4, 0.5) is 0 Å². The quantitative estimate of drug-likeness (QED) is 0.871. The van der Waals surface area contributed by atoms with Crippen LogP contribution in [-0.4, -0.2) is 39.6 Å². The number of hydrogen-bond acceptors (Lipinski definition) is 4. The van der Waals surface area contributed by atoms with Crippen LogP contribution in [-0.2, 0) is 11.2 Å². The maximum atomic E-state index is 12.1. The summed E-state index contributed by atoms with van der Waals surface area (Å²) < 4.78 is 1.95. The van der Waals surface area contributed by atoms with Gasteiger partial charge in [0.05, 0.1) is 6.04 Å². The van der Waals surface area contributed by atoms with E-state index < -0.39 is 0 Å². The summed E-state index contributed by atoms with van der Waals surface area (Å²) in [7, 11) is 0. The predicted octanol–water partition coefficient (Wildman–Crippen LogP) is 0.776. The number of amides is 1. The minimum atomic E-state index is -0.0520. The summed E-state index contributed by atoms with van der Waals surface area (Å²) in [6.45, 7) is 3.71. The maximum Gasteiger partial charge on any atom is 0.237 e. The molecule has 1 fully saturated rings. The highest BCUT2D eigenvalue weighted by molar-refractivity contribution is 5.81. The first-order valence-electron chi connectivity index (χ1n) is 7.54. The Hall–Kier alpha value is -1.95. The van der Waals surface area contributed by atoms with Crippen molar-refractivity contribution in [1.29, 1.82) is 0 Å². The molecule has 2 aromatic heterocycles. The molecule has 0 aliphatic carbocycles. The summed E-state index contributed by atoms with van der Waals surface area (Å²) in [5.74, 6) is 1.58. The minimum absolute atomic E-state index is 0.0520. The van der Waals surface area contributed by atoms with Crippen LogP contribution in [0.2, 0.25) is 0 Å². The molecule has 2 N–H and O–H groups in total. The van der Waals surface area contributed by atoms with E-state index in [-0.39, 0.29) is 11.9 Å². The fourth-order valence-electron chi connectivity index (χ4n) is 2.79. The molecule has 2 aromatic rings. The van der Waals surface area contributed by atoms with Gasteiger partial charge in [0.1, 0.15) is 5.82 Å². The van der Waals surface area contributed by atoms with E-state index in [9.17, 15) is 4.79 Å². The van der Waals surface area contributed by atoms with Crippen molar-refractivity contribution in [3.63, 3.8) is 0 Å². The number of pyridine rings is 1. The van der Waals surface area contributed by atoms with Gasteiger partial charge in [-0.2, -0.15) is 0 Å². The summed E-state index contributed by atoms with van der Waals surface area (Å²) in [4.78, 5) is 12.1. The molecule has 1 aliphatic rings. The number of carbonyl (C=O) groups is 1. The second-order valence-electron chi connectivity index (χ2n) is 5.72. The second-order valence-corrected chi connectivity index (χ2v) is 5.72. The van der Waals surface area contributed by atoms with Crippen LogP contribution in [0.15, 0.2) is 24.4 Å². The molecule has 3 heterocycles. The Balaban J connectivity index is 1.52. The molecule has 21 heavy (non-hydrogen) atoms. The van der Waals surface area contributed by atoms with Crippen LogP contribution in [0.3, 0.4) is 0 Å². The zero-order valence-corrected chi connectivity index (χ0v) is 12.2. The zero-order valence-electron chi connectivity index (χ0n) is 12.2. The van der Waals surface area contributed by atoms with Crippen LogP contribution < -0.4 is 10.6 Å². The molecule has 6 heteroatoms. The molecular formula is C15H21N5O. The smallest absolute Gasteiger partial charge is 0.237 e. The minimum Gasteiger partial charge on any atom is -0.354 e.